The van der Waals surface area contributed by atoms with E-state index < -0.39 is 0 Å². The Labute approximate surface area is 153 Å². The van der Waals surface area contributed by atoms with Crippen LogP contribution in [0.1, 0.15) is 29.3 Å². The molecule has 2 heterocycles. The number of aryl methyl sites for hydroxylation is 1. The Morgan fingerprint density at radius 2 is 2.15 bits per heavy atom. The molecule has 1 amide bonds. The number of benzene rings is 1. The van der Waals surface area contributed by atoms with E-state index in [1.54, 1.807) is 14.0 Å². The molecule has 0 aliphatic carbocycles. The van der Waals surface area contributed by atoms with Crippen LogP contribution in [0.15, 0.2) is 29.3 Å². The SMILES string of the molecule is COC1CN(c2nc3ccc(C)cc3cc2C(=O)N=C(C)N)CCC1N. The molecule has 2 atom stereocenters. The van der Waals surface area contributed by atoms with Gasteiger partial charge in [0.15, 0.2) is 0 Å². The number of ether oxygens (including phenoxy) is 1. The van der Waals surface area contributed by atoms with E-state index in [1.807, 2.05) is 36.1 Å². The molecule has 7 heteroatoms. The first-order valence-electron chi connectivity index (χ1n) is 8.69. The van der Waals surface area contributed by atoms with Crippen molar-refractivity contribution in [1.82, 2.24) is 4.98 Å². The van der Waals surface area contributed by atoms with Crippen molar-refractivity contribution >= 4 is 28.5 Å². The van der Waals surface area contributed by atoms with Gasteiger partial charge in [0.05, 0.1) is 17.2 Å². The number of hydrogen-bond acceptors (Lipinski definition) is 5. The second kappa shape index (κ2) is 7.39. The number of amides is 1. The Kier molecular flexibility index (Phi) is 5.20. The van der Waals surface area contributed by atoms with E-state index in [9.17, 15) is 4.79 Å². The highest BCUT2D eigenvalue weighted by Gasteiger charge is 2.29. The minimum atomic E-state index is -0.389. The summed E-state index contributed by atoms with van der Waals surface area (Å²) in [6.07, 6.45) is 0.654. The van der Waals surface area contributed by atoms with E-state index in [0.29, 0.717) is 24.5 Å². The van der Waals surface area contributed by atoms with Gasteiger partial charge < -0.3 is 21.1 Å². The van der Waals surface area contributed by atoms with Crippen LogP contribution in [0.5, 0.6) is 0 Å². The van der Waals surface area contributed by atoms with Gasteiger partial charge in [-0.1, -0.05) is 11.6 Å². The summed E-state index contributed by atoms with van der Waals surface area (Å²) in [4.78, 5) is 23.4. The van der Waals surface area contributed by atoms with Gasteiger partial charge in [-0.2, -0.15) is 4.99 Å². The van der Waals surface area contributed by atoms with Crippen molar-refractivity contribution in [2.75, 3.05) is 25.1 Å². The smallest absolute Gasteiger partial charge is 0.282 e. The van der Waals surface area contributed by atoms with Gasteiger partial charge in [0.1, 0.15) is 11.7 Å². The Hall–Kier alpha value is -2.51. The Morgan fingerprint density at radius 3 is 2.85 bits per heavy atom. The number of amidine groups is 1. The van der Waals surface area contributed by atoms with E-state index in [1.165, 1.54) is 0 Å². The van der Waals surface area contributed by atoms with Gasteiger partial charge >= 0.3 is 0 Å². The van der Waals surface area contributed by atoms with Crippen LogP contribution >= 0.6 is 0 Å². The van der Waals surface area contributed by atoms with E-state index >= 15 is 0 Å². The van der Waals surface area contributed by atoms with Gasteiger partial charge in [-0.25, -0.2) is 4.98 Å². The van der Waals surface area contributed by atoms with Crippen LogP contribution < -0.4 is 16.4 Å². The Morgan fingerprint density at radius 1 is 1.38 bits per heavy atom. The van der Waals surface area contributed by atoms with E-state index in [2.05, 4.69) is 4.99 Å². The van der Waals surface area contributed by atoms with Crippen molar-refractivity contribution in [3.8, 4) is 0 Å². The molecular formula is C19H25N5O2. The molecule has 0 spiro atoms. The molecule has 1 aliphatic rings. The number of pyridine rings is 1. The van der Waals surface area contributed by atoms with Crippen LogP contribution in [-0.2, 0) is 4.74 Å². The fourth-order valence-corrected chi connectivity index (χ4v) is 3.28. The number of anilines is 1. The molecule has 0 saturated carbocycles. The first-order chi connectivity index (χ1) is 12.4. The van der Waals surface area contributed by atoms with Crippen molar-refractivity contribution in [3.63, 3.8) is 0 Å². The van der Waals surface area contributed by atoms with Gasteiger partial charge in [-0.05, 0) is 38.5 Å². The van der Waals surface area contributed by atoms with Gasteiger partial charge in [0.25, 0.3) is 5.91 Å². The molecule has 7 nitrogen and oxygen atoms in total. The molecule has 4 N–H and O–H groups in total. The zero-order chi connectivity index (χ0) is 18.8. The van der Waals surface area contributed by atoms with Crippen LogP contribution in [0, 0.1) is 6.92 Å². The van der Waals surface area contributed by atoms with E-state index in [4.69, 9.17) is 21.2 Å². The number of piperidine rings is 1. The number of rotatable bonds is 3. The predicted octanol–water partition coefficient (Wildman–Crippen LogP) is 1.61. The molecule has 3 rings (SSSR count). The zero-order valence-electron chi connectivity index (χ0n) is 15.4. The molecule has 2 unspecified atom stereocenters. The Bertz CT molecular complexity index is 860. The van der Waals surface area contributed by atoms with Crippen molar-refractivity contribution < 1.29 is 9.53 Å². The largest absolute Gasteiger partial charge is 0.387 e. The highest BCUT2D eigenvalue weighted by Crippen LogP contribution is 2.28. The average Bonchev–Trinajstić information content (AvgIpc) is 2.60. The van der Waals surface area contributed by atoms with Crippen LogP contribution in [0.25, 0.3) is 10.9 Å². The van der Waals surface area contributed by atoms with Crippen molar-refractivity contribution in [2.45, 2.75) is 32.4 Å². The lowest BCUT2D eigenvalue weighted by atomic mass is 10.0. The fourth-order valence-electron chi connectivity index (χ4n) is 3.28. The first kappa shape index (κ1) is 18.3. The van der Waals surface area contributed by atoms with Gasteiger partial charge in [0.2, 0.25) is 0 Å². The minimum absolute atomic E-state index is 0.0252. The lowest BCUT2D eigenvalue weighted by Crippen LogP contribution is -2.52. The summed E-state index contributed by atoms with van der Waals surface area (Å²) in [5.74, 6) is 0.436. The summed E-state index contributed by atoms with van der Waals surface area (Å²) in [5.41, 5.74) is 14.1. The second-order valence-corrected chi connectivity index (χ2v) is 6.79. The third-order valence-corrected chi connectivity index (χ3v) is 4.67. The average molecular weight is 355 g/mol. The maximum atomic E-state index is 12.7. The third kappa shape index (κ3) is 3.68. The fraction of sp³-hybridized carbons (Fsp3) is 0.421. The monoisotopic (exact) mass is 355 g/mol. The molecule has 1 fully saturated rings. The molecule has 0 radical (unpaired) electrons. The topological polar surface area (TPSA) is 107 Å². The molecule has 1 aliphatic heterocycles. The number of aromatic nitrogens is 1. The summed E-state index contributed by atoms with van der Waals surface area (Å²) in [6.45, 7) is 4.88. The molecule has 138 valence electrons. The molecule has 1 aromatic heterocycles. The maximum absolute atomic E-state index is 12.7. The summed E-state index contributed by atoms with van der Waals surface area (Å²) in [7, 11) is 1.65. The van der Waals surface area contributed by atoms with Crippen molar-refractivity contribution in [1.29, 1.82) is 0 Å². The quantitative estimate of drug-likeness (QED) is 0.640. The number of hydrogen-bond donors (Lipinski definition) is 2. The predicted molar refractivity (Wildman–Crippen MR) is 104 cm³/mol. The number of nitrogens with two attached hydrogens (primary N) is 2. The van der Waals surface area contributed by atoms with Gasteiger partial charge in [-0.3, -0.25) is 4.79 Å². The lowest BCUT2D eigenvalue weighted by molar-refractivity contribution is 0.0727. The van der Waals surface area contributed by atoms with Crippen molar-refractivity contribution in [3.05, 3.63) is 35.4 Å². The summed E-state index contributed by atoms with van der Waals surface area (Å²) in [5, 5.41) is 0.902. The highest BCUT2D eigenvalue weighted by atomic mass is 16.5. The first-order valence-corrected chi connectivity index (χ1v) is 8.69. The number of aliphatic imine (C=N–C) groups is 1. The normalized spacial score (nSPS) is 21.2. The van der Waals surface area contributed by atoms with E-state index in [0.717, 1.165) is 22.9 Å². The number of fused-ring (bicyclic) bond motifs is 1. The lowest BCUT2D eigenvalue weighted by Gasteiger charge is -2.37. The third-order valence-electron chi connectivity index (χ3n) is 4.67. The molecule has 1 saturated heterocycles. The van der Waals surface area contributed by atoms with Crippen molar-refractivity contribution in [2.24, 2.45) is 16.5 Å². The standard InChI is InChI=1S/C19H25N5O2/c1-11-4-5-16-13(8-11)9-14(19(25)22-12(2)20)18(23-16)24-7-6-15(21)17(10-24)26-3/h4-5,8-9,15,17H,6-7,10,21H2,1-3H3,(H2,20,22,25). The second-order valence-electron chi connectivity index (χ2n) is 6.79. The number of carbonyl (C=O) groups is 1. The Balaban J connectivity index is 2.11. The molecule has 26 heavy (non-hydrogen) atoms. The summed E-state index contributed by atoms with van der Waals surface area (Å²) >= 11 is 0. The van der Waals surface area contributed by atoms with Gasteiger partial charge in [-0.15, -0.1) is 0 Å². The van der Waals surface area contributed by atoms with Crippen LogP contribution in [0.4, 0.5) is 5.82 Å². The summed E-state index contributed by atoms with van der Waals surface area (Å²) < 4.78 is 5.50. The highest BCUT2D eigenvalue weighted by molar-refractivity contribution is 6.07. The van der Waals surface area contributed by atoms with Crippen LogP contribution in [-0.4, -0.2) is 49.1 Å². The van der Waals surface area contributed by atoms with Crippen LogP contribution in [0.3, 0.4) is 0 Å². The number of methoxy groups -OCH3 is 1. The molecule has 2 aromatic rings. The van der Waals surface area contributed by atoms with Gasteiger partial charge in [0, 0.05) is 31.6 Å². The molecule has 1 aromatic carbocycles. The van der Waals surface area contributed by atoms with E-state index in [-0.39, 0.29) is 23.9 Å². The maximum Gasteiger partial charge on any atom is 0.282 e. The number of nitrogens with zero attached hydrogens (tertiary/aromatic N) is 3. The molecular weight excluding hydrogens is 330 g/mol. The minimum Gasteiger partial charge on any atom is -0.387 e. The number of carbonyl (C=O) groups excluding carboxylic acids is 1. The van der Waals surface area contributed by atoms with Crippen LogP contribution in [0.2, 0.25) is 0 Å². The summed E-state index contributed by atoms with van der Waals surface area (Å²) in [6, 6.07) is 7.79. The molecule has 0 bridgehead atoms. The zero-order valence-corrected chi connectivity index (χ0v) is 15.4.